The fraction of sp³-hybridized carbons (Fsp3) is 0.472. The number of rotatable bonds is 5. The number of hydrogen-bond donors (Lipinski definition) is 0. The highest BCUT2D eigenvalue weighted by molar-refractivity contribution is 6.35. The Morgan fingerprint density at radius 2 is 1.83 bits per heavy atom. The van der Waals surface area contributed by atoms with E-state index < -0.39 is 17.5 Å². The number of hydrogen-bond acceptors (Lipinski definition) is 8. The number of benzene rings is 2. The summed E-state index contributed by atoms with van der Waals surface area (Å²) < 4.78 is 33.0. The van der Waals surface area contributed by atoms with Gasteiger partial charge in [-0.2, -0.15) is 5.10 Å². The maximum absolute atomic E-state index is 12.6. The second-order valence-electron chi connectivity index (χ2n) is 13.7. The summed E-state index contributed by atoms with van der Waals surface area (Å²) in [5, 5.41) is 6.97. The fourth-order valence-electron chi connectivity index (χ4n) is 6.60. The topological polar surface area (TPSA) is 97.2 Å². The number of aromatic nitrogens is 3. The molecule has 5 heterocycles. The first-order chi connectivity index (χ1) is 23.0. The molecule has 12 heteroatoms. The van der Waals surface area contributed by atoms with Gasteiger partial charge < -0.3 is 28.6 Å². The molecule has 2 saturated heterocycles. The van der Waals surface area contributed by atoms with Crippen molar-refractivity contribution in [3.8, 4) is 22.8 Å². The minimum Gasteiger partial charge on any atom is -0.486 e. The van der Waals surface area contributed by atoms with Gasteiger partial charge in [0, 0.05) is 67.0 Å². The SMILES string of the molecule is C[C@@H](Oc1ccc2c(c1)c(-c1ccc3c(c1)COC1(CCN(C(=O)OC(C)(C)C)CC1)O3)nn2C1CCCCO1)c1c(Cl)cncc1Cl. The van der Waals surface area contributed by atoms with Gasteiger partial charge in [-0.05, 0) is 83.4 Å². The van der Waals surface area contributed by atoms with Crippen LogP contribution in [-0.4, -0.2) is 56.8 Å². The van der Waals surface area contributed by atoms with E-state index in [1.54, 1.807) is 17.3 Å². The molecule has 7 rings (SSSR count). The molecule has 3 aliphatic heterocycles. The lowest BCUT2D eigenvalue weighted by atomic mass is 10.00. The zero-order valence-corrected chi connectivity index (χ0v) is 29.1. The monoisotopic (exact) mass is 694 g/mol. The van der Waals surface area contributed by atoms with Crippen LogP contribution in [0.15, 0.2) is 48.8 Å². The van der Waals surface area contributed by atoms with Crippen molar-refractivity contribution in [2.45, 2.75) is 90.1 Å². The third-order valence-corrected chi connectivity index (χ3v) is 9.62. The van der Waals surface area contributed by atoms with Crippen LogP contribution in [0, 0.1) is 0 Å². The molecule has 1 unspecified atom stereocenters. The van der Waals surface area contributed by atoms with E-state index in [-0.39, 0.29) is 12.3 Å². The quantitative estimate of drug-likeness (QED) is 0.204. The molecule has 4 aromatic rings. The van der Waals surface area contributed by atoms with Crippen molar-refractivity contribution in [3.63, 3.8) is 0 Å². The lowest BCUT2D eigenvalue weighted by Crippen LogP contribution is -2.53. The van der Waals surface area contributed by atoms with Gasteiger partial charge in [-0.1, -0.05) is 23.2 Å². The smallest absolute Gasteiger partial charge is 0.410 e. The summed E-state index contributed by atoms with van der Waals surface area (Å²) in [4.78, 5) is 18.4. The Hall–Kier alpha value is -3.57. The first-order valence-corrected chi connectivity index (χ1v) is 17.3. The van der Waals surface area contributed by atoms with E-state index in [1.807, 2.05) is 62.7 Å². The Morgan fingerprint density at radius 1 is 1.06 bits per heavy atom. The van der Waals surface area contributed by atoms with Crippen LogP contribution in [0.1, 0.15) is 83.3 Å². The second-order valence-corrected chi connectivity index (χ2v) is 14.5. The standard InChI is InChI=1S/C36H40Cl2N4O6/c1-22(32-27(37)19-39-20-28(32)38)46-25-9-10-29-26(18-25)33(40-42(29)31-7-5-6-16-44-31)23-8-11-30-24(17-23)21-45-36(47-30)12-14-41(15-13-36)34(43)48-35(2,3)4/h8-11,17-20,22,31H,5-7,12-16,21H2,1-4H3/t22-,31?/m1/s1. The van der Waals surface area contributed by atoms with Gasteiger partial charge in [0.15, 0.2) is 6.23 Å². The average molecular weight is 696 g/mol. The molecule has 3 aliphatic rings. The van der Waals surface area contributed by atoms with Gasteiger partial charge in [0.25, 0.3) is 0 Å². The number of piperidine rings is 1. The van der Waals surface area contributed by atoms with Gasteiger partial charge in [-0.25, -0.2) is 9.48 Å². The number of ether oxygens (including phenoxy) is 5. The molecule has 0 saturated carbocycles. The fourth-order valence-corrected chi connectivity index (χ4v) is 7.27. The first-order valence-electron chi connectivity index (χ1n) is 16.5. The second kappa shape index (κ2) is 13.0. The van der Waals surface area contributed by atoms with E-state index in [2.05, 4.69) is 11.1 Å². The van der Waals surface area contributed by atoms with E-state index in [1.165, 1.54) is 0 Å². The van der Waals surface area contributed by atoms with Crippen molar-refractivity contribution in [1.29, 1.82) is 0 Å². The van der Waals surface area contributed by atoms with E-state index in [4.69, 9.17) is 52.0 Å². The molecule has 2 aromatic carbocycles. The van der Waals surface area contributed by atoms with Crippen LogP contribution in [0.3, 0.4) is 0 Å². The van der Waals surface area contributed by atoms with Crippen molar-refractivity contribution >= 4 is 40.2 Å². The molecule has 2 aromatic heterocycles. The van der Waals surface area contributed by atoms with Crippen LogP contribution in [-0.2, 0) is 20.8 Å². The summed E-state index contributed by atoms with van der Waals surface area (Å²) in [5.74, 6) is 0.663. The maximum Gasteiger partial charge on any atom is 0.410 e. The van der Waals surface area contributed by atoms with E-state index in [9.17, 15) is 4.79 Å². The van der Waals surface area contributed by atoms with Gasteiger partial charge in [-0.3, -0.25) is 4.98 Å². The highest BCUT2D eigenvalue weighted by Gasteiger charge is 2.42. The van der Waals surface area contributed by atoms with Gasteiger partial charge in [0.2, 0.25) is 5.79 Å². The van der Waals surface area contributed by atoms with Crippen LogP contribution in [0.2, 0.25) is 10.0 Å². The van der Waals surface area contributed by atoms with E-state index in [0.29, 0.717) is 60.5 Å². The number of halogens is 2. The third-order valence-electron chi connectivity index (χ3n) is 9.01. The van der Waals surface area contributed by atoms with Crippen LogP contribution in [0.5, 0.6) is 11.5 Å². The molecule has 0 N–H and O–H groups in total. The van der Waals surface area contributed by atoms with Crippen molar-refractivity contribution in [1.82, 2.24) is 19.7 Å². The minimum absolute atomic E-state index is 0.147. The summed E-state index contributed by atoms with van der Waals surface area (Å²) in [6, 6.07) is 12.1. The summed E-state index contributed by atoms with van der Waals surface area (Å²) in [6.07, 6.45) is 6.40. The lowest BCUT2D eigenvalue weighted by molar-refractivity contribution is -0.226. The highest BCUT2D eigenvalue weighted by atomic mass is 35.5. The Bertz CT molecular complexity index is 1800. The van der Waals surface area contributed by atoms with Crippen LogP contribution in [0.25, 0.3) is 22.2 Å². The van der Waals surface area contributed by atoms with Gasteiger partial charge >= 0.3 is 6.09 Å². The molecule has 0 aliphatic carbocycles. The van der Waals surface area contributed by atoms with Gasteiger partial charge in [0.05, 0.1) is 22.2 Å². The van der Waals surface area contributed by atoms with Crippen molar-refractivity contribution in [2.75, 3.05) is 19.7 Å². The van der Waals surface area contributed by atoms with E-state index in [0.717, 1.165) is 52.7 Å². The molecule has 254 valence electrons. The molecule has 0 bridgehead atoms. The van der Waals surface area contributed by atoms with Crippen LogP contribution >= 0.6 is 23.2 Å². The Morgan fingerprint density at radius 3 is 2.54 bits per heavy atom. The molecule has 48 heavy (non-hydrogen) atoms. The Labute approximate surface area is 290 Å². The zero-order chi connectivity index (χ0) is 33.6. The largest absolute Gasteiger partial charge is 0.486 e. The minimum atomic E-state index is -0.775. The number of fused-ring (bicyclic) bond motifs is 2. The van der Waals surface area contributed by atoms with Crippen LogP contribution in [0.4, 0.5) is 4.79 Å². The predicted octanol–water partition coefficient (Wildman–Crippen LogP) is 8.88. The maximum atomic E-state index is 12.6. The van der Waals surface area contributed by atoms with Crippen molar-refractivity contribution < 1.29 is 28.5 Å². The highest BCUT2D eigenvalue weighted by Crippen LogP contribution is 2.42. The van der Waals surface area contributed by atoms with Crippen molar-refractivity contribution in [3.05, 3.63) is 70.0 Å². The summed E-state index contributed by atoms with van der Waals surface area (Å²) in [7, 11) is 0. The molecule has 1 amide bonds. The number of pyridine rings is 1. The number of likely N-dealkylation sites (tertiary alicyclic amines) is 1. The van der Waals surface area contributed by atoms with E-state index >= 15 is 0 Å². The van der Waals surface area contributed by atoms with Crippen molar-refractivity contribution in [2.24, 2.45) is 0 Å². The average Bonchev–Trinajstić information content (AvgIpc) is 3.43. The summed E-state index contributed by atoms with van der Waals surface area (Å²) >= 11 is 12.9. The van der Waals surface area contributed by atoms with Gasteiger partial charge in [0.1, 0.15) is 28.9 Å². The zero-order valence-electron chi connectivity index (χ0n) is 27.6. The number of carbonyl (C=O) groups excluding carboxylic acids is 1. The predicted molar refractivity (Wildman–Crippen MR) is 182 cm³/mol. The summed E-state index contributed by atoms with van der Waals surface area (Å²) in [5.41, 5.74) is 3.78. The molecule has 1 spiro atoms. The number of carbonyl (C=O) groups is 1. The molecule has 2 fully saturated rings. The summed E-state index contributed by atoms with van der Waals surface area (Å²) in [6.45, 7) is 9.61. The van der Waals surface area contributed by atoms with Crippen LogP contribution < -0.4 is 9.47 Å². The van der Waals surface area contributed by atoms with Gasteiger partial charge in [-0.15, -0.1) is 0 Å². The third kappa shape index (κ3) is 6.68. The lowest BCUT2D eigenvalue weighted by Gasteiger charge is -2.44. The molecule has 0 radical (unpaired) electrons. The first kappa shape index (κ1) is 33.0. The number of nitrogens with zero attached hydrogens (tertiary/aromatic N) is 4. The Balaban J connectivity index is 1.16. The molecule has 10 nitrogen and oxygen atoms in total. The number of amides is 1. The normalized spacial score (nSPS) is 19.9. The molecular formula is C36H40Cl2N4O6. The Kier molecular flexibility index (Phi) is 8.95. The molecule has 2 atom stereocenters. The molecular weight excluding hydrogens is 655 g/mol.